The average Bonchev–Trinajstić information content (AvgIpc) is 2.86. The Labute approximate surface area is 214 Å². The van der Waals surface area contributed by atoms with Gasteiger partial charge >= 0.3 is 0 Å². The number of ether oxygens (including phenoxy) is 3. The number of nitrogens with one attached hydrogen (secondary N) is 2. The van der Waals surface area contributed by atoms with Gasteiger partial charge < -0.3 is 24.8 Å². The Morgan fingerprint density at radius 1 is 1.11 bits per heavy atom. The third kappa shape index (κ3) is 6.28. The smallest absolute Gasteiger partial charge is 0.232 e. The Balaban J connectivity index is 2.00. The fourth-order valence-corrected chi connectivity index (χ4v) is 4.61. The lowest BCUT2D eigenvalue weighted by Gasteiger charge is -2.26. The maximum absolute atomic E-state index is 14.8. The Kier molecular flexibility index (Phi) is 8.56. The summed E-state index contributed by atoms with van der Waals surface area (Å²) in [5.41, 5.74) is 1.68. The van der Waals surface area contributed by atoms with E-state index in [1.54, 1.807) is 37.3 Å². The molecule has 0 aliphatic rings. The largest absolute Gasteiger partial charge is 0.493 e. The van der Waals surface area contributed by atoms with E-state index in [4.69, 9.17) is 19.5 Å². The summed E-state index contributed by atoms with van der Waals surface area (Å²) < 4.78 is 56.9. The first-order valence-corrected chi connectivity index (χ1v) is 12.8. The molecule has 1 heterocycles. The van der Waals surface area contributed by atoms with Crippen LogP contribution in [-0.4, -0.2) is 52.5 Å². The van der Waals surface area contributed by atoms with Gasteiger partial charge in [-0.05, 0) is 18.6 Å². The van der Waals surface area contributed by atoms with E-state index in [2.05, 4.69) is 20.6 Å². The molecule has 0 atom stereocenters. The van der Waals surface area contributed by atoms with Crippen LogP contribution in [0.2, 0.25) is 0 Å². The first-order chi connectivity index (χ1) is 17.6. The molecule has 0 aliphatic carbocycles. The predicted molar refractivity (Wildman–Crippen MR) is 138 cm³/mol. The van der Waals surface area contributed by atoms with Crippen LogP contribution in [0.15, 0.2) is 36.5 Å². The molecule has 3 aromatic rings. The highest BCUT2D eigenvalue weighted by atomic mass is 32.2. The molecule has 0 fully saturated rings. The predicted octanol–water partition coefficient (Wildman–Crippen LogP) is 4.12. The van der Waals surface area contributed by atoms with Gasteiger partial charge in [-0.25, -0.2) is 17.8 Å². The highest BCUT2D eigenvalue weighted by Gasteiger charge is 2.23. The molecule has 0 spiro atoms. The van der Waals surface area contributed by atoms with E-state index in [0.717, 1.165) is 16.8 Å². The third-order valence-corrected chi connectivity index (χ3v) is 6.40. The molecule has 0 radical (unpaired) electrons. The first-order valence-electron chi connectivity index (χ1n) is 10.9. The summed E-state index contributed by atoms with van der Waals surface area (Å²) in [6.07, 6.45) is 2.01. The van der Waals surface area contributed by atoms with Crippen LogP contribution < -0.4 is 29.1 Å². The maximum Gasteiger partial charge on any atom is 0.232 e. The fraction of sp³-hybridized carbons (Fsp3) is 0.292. The summed E-state index contributed by atoms with van der Waals surface area (Å²) in [5, 5.41) is 14.8. The van der Waals surface area contributed by atoms with Crippen LogP contribution in [0.4, 0.5) is 33.2 Å². The van der Waals surface area contributed by atoms with Crippen LogP contribution >= 0.6 is 0 Å². The van der Waals surface area contributed by atoms with Gasteiger partial charge in [-0.15, -0.1) is 0 Å². The van der Waals surface area contributed by atoms with Crippen molar-refractivity contribution in [2.45, 2.75) is 13.3 Å². The van der Waals surface area contributed by atoms with Gasteiger partial charge in [0.15, 0.2) is 23.1 Å². The SMILES string of the molecule is COc1cc(Nc2ncc(F)c(Nc3cccc(C)c3N(CCC#N)S(C)(=O)=O)n2)cc(OC)c1OC. The molecular formula is C24H27FN6O5S. The lowest BCUT2D eigenvalue weighted by Crippen LogP contribution is -2.32. The first kappa shape index (κ1) is 27.3. The van der Waals surface area contributed by atoms with Crippen LogP contribution in [0.1, 0.15) is 12.0 Å². The number of hydrogen-bond donors (Lipinski definition) is 2. The molecule has 2 aromatic carbocycles. The Morgan fingerprint density at radius 2 is 1.78 bits per heavy atom. The molecule has 0 bridgehead atoms. The number of rotatable bonds is 11. The number of hydrogen-bond acceptors (Lipinski definition) is 10. The number of sulfonamides is 1. The average molecular weight is 531 g/mol. The van der Waals surface area contributed by atoms with E-state index in [9.17, 15) is 12.8 Å². The number of anilines is 5. The minimum atomic E-state index is -3.74. The van der Waals surface area contributed by atoms with Gasteiger partial charge in [-0.3, -0.25) is 4.31 Å². The molecule has 196 valence electrons. The van der Waals surface area contributed by atoms with Crippen molar-refractivity contribution >= 4 is 38.9 Å². The molecule has 0 saturated heterocycles. The lowest BCUT2D eigenvalue weighted by molar-refractivity contribution is 0.324. The van der Waals surface area contributed by atoms with Gasteiger partial charge in [0.2, 0.25) is 21.7 Å². The second-order valence-corrected chi connectivity index (χ2v) is 9.68. The van der Waals surface area contributed by atoms with Gasteiger partial charge in [0, 0.05) is 24.4 Å². The van der Waals surface area contributed by atoms with Crippen LogP contribution in [-0.2, 0) is 10.0 Å². The minimum absolute atomic E-state index is 0.0223. The van der Waals surface area contributed by atoms with E-state index in [1.165, 1.54) is 21.3 Å². The molecule has 2 N–H and O–H groups in total. The number of aryl methyl sites for hydroxylation is 1. The number of aromatic nitrogens is 2. The normalized spacial score (nSPS) is 10.8. The van der Waals surface area contributed by atoms with Crippen molar-refractivity contribution < 1.29 is 27.0 Å². The van der Waals surface area contributed by atoms with Crippen molar-refractivity contribution in [1.82, 2.24) is 9.97 Å². The number of nitriles is 1. The fourth-order valence-electron chi connectivity index (χ4n) is 3.61. The zero-order valence-corrected chi connectivity index (χ0v) is 21.8. The molecular weight excluding hydrogens is 503 g/mol. The van der Waals surface area contributed by atoms with E-state index < -0.39 is 15.8 Å². The molecule has 3 rings (SSSR count). The van der Waals surface area contributed by atoms with Crippen molar-refractivity contribution in [2.75, 3.05) is 49.1 Å². The number of methoxy groups -OCH3 is 3. The lowest BCUT2D eigenvalue weighted by atomic mass is 10.1. The van der Waals surface area contributed by atoms with E-state index in [-0.39, 0.29) is 30.4 Å². The second-order valence-electron chi connectivity index (χ2n) is 7.77. The van der Waals surface area contributed by atoms with Crippen LogP contribution in [0.3, 0.4) is 0 Å². The van der Waals surface area contributed by atoms with Crippen LogP contribution in [0, 0.1) is 24.1 Å². The molecule has 0 aliphatic heterocycles. The van der Waals surface area contributed by atoms with Gasteiger partial charge in [-0.1, -0.05) is 12.1 Å². The zero-order chi connectivity index (χ0) is 27.2. The third-order valence-electron chi connectivity index (χ3n) is 5.23. The molecule has 0 unspecified atom stereocenters. The van der Waals surface area contributed by atoms with Crippen LogP contribution in [0.25, 0.3) is 0 Å². The molecule has 1 aromatic heterocycles. The van der Waals surface area contributed by atoms with Crippen molar-refractivity contribution in [3.05, 3.63) is 47.9 Å². The second kappa shape index (κ2) is 11.6. The molecule has 13 heteroatoms. The summed E-state index contributed by atoms with van der Waals surface area (Å²) in [6.45, 7) is 1.66. The molecule has 0 amide bonds. The zero-order valence-electron chi connectivity index (χ0n) is 21.0. The maximum atomic E-state index is 14.8. The van der Waals surface area contributed by atoms with Crippen LogP contribution in [0.5, 0.6) is 17.2 Å². The number of nitrogens with zero attached hydrogens (tertiary/aromatic N) is 4. The summed E-state index contributed by atoms with van der Waals surface area (Å²) in [5.74, 6) is 0.296. The Hall–Kier alpha value is -4.31. The standard InChI is InChI=1S/C24H27FN6O5S/c1-15-8-6-9-18(21(15)31(11-7-10-26)37(5,32)33)29-23-17(25)14-27-24(30-23)28-16-12-19(34-2)22(36-4)20(13-16)35-3/h6,8-9,12-14H,7,11H2,1-5H3,(H2,27,28,29,30). The van der Waals surface area contributed by atoms with E-state index >= 15 is 0 Å². The van der Waals surface area contributed by atoms with Gasteiger partial charge in [0.05, 0.1) is 57.6 Å². The molecule has 11 nitrogen and oxygen atoms in total. The topological polar surface area (TPSA) is 139 Å². The highest BCUT2D eigenvalue weighted by Crippen LogP contribution is 2.40. The molecule has 37 heavy (non-hydrogen) atoms. The van der Waals surface area contributed by atoms with E-state index in [1.807, 2.05) is 6.07 Å². The van der Waals surface area contributed by atoms with Gasteiger partial charge in [-0.2, -0.15) is 10.2 Å². The van der Waals surface area contributed by atoms with Gasteiger partial charge in [0.25, 0.3) is 0 Å². The summed E-state index contributed by atoms with van der Waals surface area (Å²) in [6, 6.07) is 10.2. The summed E-state index contributed by atoms with van der Waals surface area (Å²) in [4.78, 5) is 8.22. The summed E-state index contributed by atoms with van der Waals surface area (Å²) in [7, 11) is 0.708. The van der Waals surface area contributed by atoms with Crippen molar-refractivity contribution in [3.8, 4) is 23.3 Å². The summed E-state index contributed by atoms with van der Waals surface area (Å²) >= 11 is 0. The quantitative estimate of drug-likeness (QED) is 0.372. The number of benzene rings is 2. The Bertz CT molecular complexity index is 1400. The molecule has 0 saturated carbocycles. The minimum Gasteiger partial charge on any atom is -0.493 e. The van der Waals surface area contributed by atoms with Crippen molar-refractivity contribution in [3.63, 3.8) is 0 Å². The highest BCUT2D eigenvalue weighted by molar-refractivity contribution is 7.92. The monoisotopic (exact) mass is 530 g/mol. The Morgan fingerprint density at radius 3 is 2.35 bits per heavy atom. The number of halogens is 1. The van der Waals surface area contributed by atoms with Gasteiger partial charge in [0.1, 0.15) is 0 Å². The van der Waals surface area contributed by atoms with E-state index in [0.29, 0.717) is 34.2 Å². The van der Waals surface area contributed by atoms with Crippen molar-refractivity contribution in [1.29, 1.82) is 5.26 Å². The number of para-hydroxylation sites is 1. The van der Waals surface area contributed by atoms with Crippen molar-refractivity contribution in [2.24, 2.45) is 0 Å².